The predicted molar refractivity (Wildman–Crippen MR) is 127 cm³/mol. The first kappa shape index (κ1) is 21.4. The molecule has 31 heavy (non-hydrogen) atoms. The van der Waals surface area contributed by atoms with Crippen LogP contribution in [-0.4, -0.2) is 22.0 Å². The highest BCUT2D eigenvalue weighted by molar-refractivity contribution is 6.30. The molecule has 3 aromatic rings. The van der Waals surface area contributed by atoms with Crippen LogP contribution in [0.2, 0.25) is 5.02 Å². The lowest BCUT2D eigenvalue weighted by Crippen LogP contribution is -2.44. The predicted octanol–water partition coefficient (Wildman–Crippen LogP) is 6.17. The third-order valence-corrected chi connectivity index (χ3v) is 6.45. The number of carbonyl (C=O) groups excluding carboxylic acids is 1. The number of benzene rings is 2. The van der Waals surface area contributed by atoms with Crippen LogP contribution in [-0.2, 0) is 6.54 Å². The Hall–Kier alpha value is -2.79. The molecule has 1 saturated carbocycles. The second kappa shape index (κ2) is 9.15. The lowest BCUT2D eigenvalue weighted by molar-refractivity contribution is 0.162. The maximum absolute atomic E-state index is 13.3. The lowest BCUT2D eigenvalue weighted by atomic mass is 9.94. The molecule has 0 spiro atoms. The minimum absolute atomic E-state index is 0.113. The van der Waals surface area contributed by atoms with E-state index in [4.69, 9.17) is 11.6 Å². The average Bonchev–Trinajstić information content (AvgIpc) is 2.76. The number of halogens is 1. The molecule has 6 heteroatoms. The Morgan fingerprint density at radius 1 is 1.10 bits per heavy atom. The van der Waals surface area contributed by atoms with Gasteiger partial charge in [-0.15, -0.1) is 0 Å². The van der Waals surface area contributed by atoms with Gasteiger partial charge in [-0.25, -0.2) is 4.79 Å². The summed E-state index contributed by atoms with van der Waals surface area (Å²) in [7, 11) is 0. The summed E-state index contributed by atoms with van der Waals surface area (Å²) in [5, 5.41) is 4.56. The smallest absolute Gasteiger partial charge is 0.321 e. The van der Waals surface area contributed by atoms with Crippen molar-refractivity contribution in [1.29, 1.82) is 0 Å². The van der Waals surface area contributed by atoms with Crippen molar-refractivity contribution >= 4 is 34.2 Å². The molecular weight excluding hydrogens is 410 g/mol. The summed E-state index contributed by atoms with van der Waals surface area (Å²) in [6, 6.07) is 13.1. The third-order valence-electron chi connectivity index (χ3n) is 6.21. The van der Waals surface area contributed by atoms with Crippen LogP contribution in [0.25, 0.3) is 10.9 Å². The molecule has 0 atom stereocenters. The number of hydrogen-bond acceptors (Lipinski definition) is 2. The van der Waals surface area contributed by atoms with Crippen molar-refractivity contribution in [2.75, 3.05) is 5.32 Å². The van der Waals surface area contributed by atoms with E-state index in [0.29, 0.717) is 16.3 Å². The average molecular weight is 438 g/mol. The molecule has 0 radical (unpaired) electrons. The largest absolute Gasteiger partial charge is 0.322 e. The number of H-pyrrole nitrogens is 1. The zero-order chi connectivity index (χ0) is 22.0. The summed E-state index contributed by atoms with van der Waals surface area (Å²) in [6.07, 6.45) is 5.28. The van der Waals surface area contributed by atoms with Gasteiger partial charge in [0.15, 0.2) is 0 Å². The maximum atomic E-state index is 13.3. The molecule has 1 fully saturated rings. The molecule has 162 valence electrons. The maximum Gasteiger partial charge on any atom is 0.322 e. The van der Waals surface area contributed by atoms with E-state index in [0.717, 1.165) is 47.7 Å². The zero-order valence-electron chi connectivity index (χ0n) is 18.0. The molecule has 2 amide bonds. The molecule has 5 nitrogen and oxygen atoms in total. The summed E-state index contributed by atoms with van der Waals surface area (Å²) in [4.78, 5) is 31.1. The monoisotopic (exact) mass is 437 g/mol. The fraction of sp³-hybridized carbons (Fsp3) is 0.360. The normalized spacial score (nSPS) is 14.5. The minimum atomic E-state index is -0.199. The molecule has 1 aliphatic carbocycles. The number of urea groups is 1. The standard InChI is InChI=1S/C25H28ClN3O2/c1-16-11-12-17(2)23-22(16)13-18(24(30)28-23)15-29(21-9-4-3-5-10-21)25(31)27-20-8-6-7-19(26)14-20/h6-8,11-14,21H,3-5,9-10,15H2,1-2H3,(H,27,31)(H,28,30). The van der Waals surface area contributed by atoms with Gasteiger partial charge < -0.3 is 15.2 Å². The summed E-state index contributed by atoms with van der Waals surface area (Å²) in [5.41, 5.74) is 4.11. The first-order chi connectivity index (χ1) is 14.9. The van der Waals surface area contributed by atoms with Gasteiger partial charge in [-0.3, -0.25) is 4.79 Å². The van der Waals surface area contributed by atoms with E-state index >= 15 is 0 Å². The van der Waals surface area contributed by atoms with E-state index in [-0.39, 0.29) is 24.2 Å². The van der Waals surface area contributed by atoms with E-state index < -0.39 is 0 Å². The van der Waals surface area contributed by atoms with Crippen LogP contribution in [0.5, 0.6) is 0 Å². The molecule has 1 aromatic heterocycles. The second-order valence-electron chi connectivity index (χ2n) is 8.47. The van der Waals surface area contributed by atoms with Gasteiger partial charge in [-0.05, 0) is 62.1 Å². The van der Waals surface area contributed by atoms with Crippen molar-refractivity contribution in [2.45, 2.75) is 58.5 Å². The number of aryl methyl sites for hydroxylation is 2. The molecule has 0 bridgehead atoms. The Labute approximate surface area is 187 Å². The van der Waals surface area contributed by atoms with Crippen LogP contribution in [0.4, 0.5) is 10.5 Å². The fourth-order valence-electron chi connectivity index (χ4n) is 4.44. The quantitative estimate of drug-likeness (QED) is 0.512. The first-order valence-corrected chi connectivity index (χ1v) is 11.3. The number of nitrogens with zero attached hydrogens (tertiary/aromatic N) is 1. The Balaban J connectivity index is 1.67. The molecule has 2 N–H and O–H groups in total. The van der Waals surface area contributed by atoms with Gasteiger partial charge in [0.2, 0.25) is 0 Å². The topological polar surface area (TPSA) is 65.2 Å². The van der Waals surface area contributed by atoms with Crippen LogP contribution < -0.4 is 10.9 Å². The number of anilines is 1. The van der Waals surface area contributed by atoms with Crippen molar-refractivity contribution in [1.82, 2.24) is 9.88 Å². The highest BCUT2D eigenvalue weighted by Crippen LogP contribution is 2.26. The van der Waals surface area contributed by atoms with Crippen LogP contribution in [0, 0.1) is 13.8 Å². The van der Waals surface area contributed by atoms with Crippen LogP contribution in [0.1, 0.15) is 48.8 Å². The molecule has 0 aliphatic heterocycles. The van der Waals surface area contributed by atoms with Crippen molar-refractivity contribution in [3.05, 3.63) is 74.5 Å². The molecule has 1 heterocycles. The third kappa shape index (κ3) is 4.77. The highest BCUT2D eigenvalue weighted by Gasteiger charge is 2.27. The van der Waals surface area contributed by atoms with E-state index in [1.807, 2.05) is 43.0 Å². The van der Waals surface area contributed by atoms with Crippen molar-refractivity contribution < 1.29 is 4.79 Å². The number of hydrogen-bond donors (Lipinski definition) is 2. The molecule has 0 saturated heterocycles. The van der Waals surface area contributed by atoms with Crippen LogP contribution >= 0.6 is 11.6 Å². The molecule has 0 unspecified atom stereocenters. The number of rotatable bonds is 4. The second-order valence-corrected chi connectivity index (χ2v) is 8.91. The van der Waals surface area contributed by atoms with Gasteiger partial charge in [0, 0.05) is 27.7 Å². The summed E-state index contributed by atoms with van der Waals surface area (Å²) in [5.74, 6) is 0. The number of amides is 2. The van der Waals surface area contributed by atoms with Crippen molar-refractivity contribution in [3.63, 3.8) is 0 Å². The van der Waals surface area contributed by atoms with Gasteiger partial charge in [-0.2, -0.15) is 0 Å². The first-order valence-electron chi connectivity index (χ1n) is 10.9. The Morgan fingerprint density at radius 3 is 2.58 bits per heavy atom. The molecular formula is C25H28ClN3O2. The van der Waals surface area contributed by atoms with Gasteiger partial charge in [0.25, 0.3) is 5.56 Å². The minimum Gasteiger partial charge on any atom is -0.321 e. The van der Waals surface area contributed by atoms with Crippen LogP contribution in [0.15, 0.2) is 47.3 Å². The number of nitrogens with one attached hydrogen (secondary N) is 2. The van der Waals surface area contributed by atoms with E-state index in [9.17, 15) is 9.59 Å². The highest BCUT2D eigenvalue weighted by atomic mass is 35.5. The Morgan fingerprint density at radius 2 is 1.84 bits per heavy atom. The van der Waals surface area contributed by atoms with E-state index in [1.165, 1.54) is 6.42 Å². The number of fused-ring (bicyclic) bond motifs is 1. The SMILES string of the molecule is Cc1ccc(C)c2[nH]c(=O)c(CN(C(=O)Nc3cccc(Cl)c3)C3CCCCC3)cc12. The summed E-state index contributed by atoms with van der Waals surface area (Å²) < 4.78 is 0. The Kier molecular flexibility index (Phi) is 6.33. The van der Waals surface area contributed by atoms with Gasteiger partial charge in [0.05, 0.1) is 12.1 Å². The molecule has 1 aliphatic rings. The fourth-order valence-corrected chi connectivity index (χ4v) is 4.63. The van der Waals surface area contributed by atoms with Gasteiger partial charge in [-0.1, -0.05) is 49.1 Å². The zero-order valence-corrected chi connectivity index (χ0v) is 18.8. The van der Waals surface area contributed by atoms with Crippen molar-refractivity contribution in [3.8, 4) is 0 Å². The van der Waals surface area contributed by atoms with E-state index in [2.05, 4.69) is 16.4 Å². The van der Waals surface area contributed by atoms with Gasteiger partial charge in [0.1, 0.15) is 0 Å². The number of carbonyl (C=O) groups is 1. The summed E-state index contributed by atoms with van der Waals surface area (Å²) >= 11 is 6.08. The van der Waals surface area contributed by atoms with E-state index in [1.54, 1.807) is 12.1 Å². The molecule has 2 aromatic carbocycles. The number of aromatic amines is 1. The lowest BCUT2D eigenvalue weighted by Gasteiger charge is -2.34. The molecule has 4 rings (SSSR count). The Bertz CT molecular complexity index is 1170. The van der Waals surface area contributed by atoms with Crippen LogP contribution in [0.3, 0.4) is 0 Å². The van der Waals surface area contributed by atoms with Gasteiger partial charge >= 0.3 is 6.03 Å². The summed E-state index contributed by atoms with van der Waals surface area (Å²) in [6.45, 7) is 4.30. The van der Waals surface area contributed by atoms with Crippen molar-refractivity contribution in [2.24, 2.45) is 0 Å². The number of aromatic nitrogens is 1. The number of pyridine rings is 1.